The Balaban J connectivity index is 1.54. The van der Waals surface area contributed by atoms with Crippen molar-refractivity contribution in [3.05, 3.63) is 58.6 Å². The molecule has 0 N–H and O–H groups in total. The zero-order chi connectivity index (χ0) is 19.2. The number of allylic oxidation sites excluding steroid dienone is 4. The zero-order valence-electron chi connectivity index (χ0n) is 16.1. The Bertz CT molecular complexity index is 686. The third-order valence-electron chi connectivity index (χ3n) is 5.35. The SMILES string of the molecule is CCCC1CCC(c2ccc(COC3=C(F)C(F)=C(OC)CC3)cc2)CO1. The monoisotopic (exact) mass is 378 g/mol. The zero-order valence-corrected chi connectivity index (χ0v) is 16.1. The van der Waals surface area contributed by atoms with Crippen LogP contribution in [0.3, 0.4) is 0 Å². The Morgan fingerprint density at radius 2 is 1.74 bits per heavy atom. The second kappa shape index (κ2) is 9.36. The number of hydrogen-bond donors (Lipinski definition) is 0. The molecule has 1 heterocycles. The van der Waals surface area contributed by atoms with Crippen molar-refractivity contribution in [1.29, 1.82) is 0 Å². The molecule has 1 fully saturated rings. The fourth-order valence-corrected chi connectivity index (χ4v) is 3.69. The molecule has 0 radical (unpaired) electrons. The molecule has 1 aromatic rings. The van der Waals surface area contributed by atoms with Crippen LogP contribution in [0.2, 0.25) is 0 Å². The second-order valence-electron chi connectivity index (χ2n) is 7.23. The molecule has 3 rings (SSSR count). The van der Waals surface area contributed by atoms with Gasteiger partial charge in [0, 0.05) is 18.8 Å². The summed E-state index contributed by atoms with van der Waals surface area (Å²) in [6.45, 7) is 3.18. The lowest BCUT2D eigenvalue weighted by atomic mass is 9.90. The molecular weight excluding hydrogens is 350 g/mol. The predicted octanol–water partition coefficient (Wildman–Crippen LogP) is 6.07. The Kier molecular flexibility index (Phi) is 6.89. The molecule has 0 aromatic heterocycles. The number of methoxy groups -OCH3 is 1. The van der Waals surface area contributed by atoms with Gasteiger partial charge >= 0.3 is 0 Å². The van der Waals surface area contributed by atoms with Gasteiger partial charge < -0.3 is 14.2 Å². The molecule has 0 saturated carbocycles. The summed E-state index contributed by atoms with van der Waals surface area (Å²) in [5.41, 5.74) is 2.19. The van der Waals surface area contributed by atoms with Crippen molar-refractivity contribution >= 4 is 0 Å². The summed E-state index contributed by atoms with van der Waals surface area (Å²) in [6, 6.07) is 8.15. The van der Waals surface area contributed by atoms with Crippen molar-refractivity contribution in [1.82, 2.24) is 0 Å². The average Bonchev–Trinajstić information content (AvgIpc) is 2.70. The van der Waals surface area contributed by atoms with E-state index in [1.807, 2.05) is 12.1 Å². The fourth-order valence-electron chi connectivity index (χ4n) is 3.69. The predicted molar refractivity (Wildman–Crippen MR) is 100 cm³/mol. The normalized spacial score (nSPS) is 23.6. The van der Waals surface area contributed by atoms with Gasteiger partial charge in [-0.3, -0.25) is 0 Å². The van der Waals surface area contributed by atoms with Crippen LogP contribution in [0, 0.1) is 0 Å². The van der Waals surface area contributed by atoms with Crippen LogP contribution >= 0.6 is 0 Å². The molecule has 5 heteroatoms. The van der Waals surface area contributed by atoms with Crippen LogP contribution in [0.15, 0.2) is 47.4 Å². The minimum Gasteiger partial charge on any atom is -0.498 e. The van der Waals surface area contributed by atoms with Crippen molar-refractivity contribution in [2.45, 2.75) is 64.1 Å². The molecule has 1 aromatic carbocycles. The van der Waals surface area contributed by atoms with E-state index < -0.39 is 11.7 Å². The molecule has 1 aliphatic carbocycles. The maximum atomic E-state index is 14.0. The smallest absolute Gasteiger partial charge is 0.199 e. The average molecular weight is 378 g/mol. The Morgan fingerprint density at radius 1 is 1.04 bits per heavy atom. The lowest BCUT2D eigenvalue weighted by molar-refractivity contribution is -0.00112. The van der Waals surface area contributed by atoms with Crippen molar-refractivity contribution in [2.75, 3.05) is 13.7 Å². The largest absolute Gasteiger partial charge is 0.498 e. The summed E-state index contributed by atoms with van der Waals surface area (Å²) in [4.78, 5) is 0. The van der Waals surface area contributed by atoms with Crippen LogP contribution in [0.25, 0.3) is 0 Å². The fraction of sp³-hybridized carbons (Fsp3) is 0.545. The summed E-state index contributed by atoms with van der Waals surface area (Å²) < 4.78 is 44.1. The van der Waals surface area contributed by atoms with E-state index in [1.54, 1.807) is 0 Å². The molecule has 0 spiro atoms. The summed E-state index contributed by atoms with van der Waals surface area (Å²) in [7, 11) is 1.34. The molecule has 3 nitrogen and oxygen atoms in total. The van der Waals surface area contributed by atoms with E-state index in [0.29, 0.717) is 24.9 Å². The van der Waals surface area contributed by atoms with Gasteiger partial charge in [0.15, 0.2) is 11.7 Å². The first kappa shape index (κ1) is 19.9. The van der Waals surface area contributed by atoms with E-state index in [0.717, 1.165) is 37.9 Å². The van der Waals surface area contributed by atoms with Crippen LogP contribution < -0.4 is 0 Å². The highest BCUT2D eigenvalue weighted by atomic mass is 19.2. The van der Waals surface area contributed by atoms with E-state index in [4.69, 9.17) is 14.2 Å². The van der Waals surface area contributed by atoms with Gasteiger partial charge in [-0.05, 0) is 30.4 Å². The van der Waals surface area contributed by atoms with Crippen LogP contribution in [0.5, 0.6) is 0 Å². The van der Waals surface area contributed by atoms with Crippen LogP contribution in [0.1, 0.15) is 62.5 Å². The number of hydrogen-bond acceptors (Lipinski definition) is 3. The topological polar surface area (TPSA) is 27.7 Å². The van der Waals surface area contributed by atoms with Crippen LogP contribution in [-0.4, -0.2) is 19.8 Å². The Hall–Kier alpha value is -1.88. The van der Waals surface area contributed by atoms with Gasteiger partial charge in [-0.2, -0.15) is 8.78 Å². The van der Waals surface area contributed by atoms with Gasteiger partial charge in [-0.15, -0.1) is 0 Å². The van der Waals surface area contributed by atoms with Gasteiger partial charge in [0.05, 0.1) is 19.8 Å². The standard InChI is InChI=1S/C22H28F2O3/c1-3-4-18-10-9-17(14-26-18)16-7-5-15(6-8-16)13-27-20-12-11-19(25-2)21(23)22(20)24/h5-8,17-18H,3-4,9-14H2,1-2H3. The molecule has 1 aliphatic heterocycles. The molecular formula is C22H28F2O3. The van der Waals surface area contributed by atoms with Gasteiger partial charge in [0.2, 0.25) is 0 Å². The molecule has 2 aliphatic rings. The van der Waals surface area contributed by atoms with Crippen molar-refractivity contribution in [2.24, 2.45) is 0 Å². The van der Waals surface area contributed by atoms with E-state index in [9.17, 15) is 8.78 Å². The highest BCUT2D eigenvalue weighted by Crippen LogP contribution is 2.34. The van der Waals surface area contributed by atoms with Crippen molar-refractivity contribution < 1.29 is 23.0 Å². The van der Waals surface area contributed by atoms with Gasteiger partial charge in [0.25, 0.3) is 0 Å². The second-order valence-corrected chi connectivity index (χ2v) is 7.23. The number of rotatable bonds is 7. The van der Waals surface area contributed by atoms with Gasteiger partial charge in [0.1, 0.15) is 18.1 Å². The first-order valence-corrected chi connectivity index (χ1v) is 9.77. The van der Waals surface area contributed by atoms with E-state index in [-0.39, 0.29) is 18.1 Å². The molecule has 2 atom stereocenters. The number of ether oxygens (including phenoxy) is 3. The van der Waals surface area contributed by atoms with Gasteiger partial charge in [-0.1, -0.05) is 37.6 Å². The molecule has 0 bridgehead atoms. The lowest BCUT2D eigenvalue weighted by Gasteiger charge is -2.29. The Labute approximate surface area is 160 Å². The highest BCUT2D eigenvalue weighted by Gasteiger charge is 2.25. The first-order chi connectivity index (χ1) is 13.1. The summed E-state index contributed by atoms with van der Waals surface area (Å²) >= 11 is 0. The lowest BCUT2D eigenvalue weighted by Crippen LogP contribution is -2.24. The van der Waals surface area contributed by atoms with Crippen LogP contribution in [0.4, 0.5) is 8.78 Å². The quantitative estimate of drug-likeness (QED) is 0.576. The van der Waals surface area contributed by atoms with E-state index in [1.165, 1.54) is 12.7 Å². The molecule has 0 amide bonds. The summed E-state index contributed by atoms with van der Waals surface area (Å²) in [5, 5.41) is 0. The highest BCUT2D eigenvalue weighted by molar-refractivity contribution is 5.30. The molecule has 27 heavy (non-hydrogen) atoms. The minimum absolute atomic E-state index is 0.0417. The van der Waals surface area contributed by atoms with Crippen LogP contribution in [-0.2, 0) is 20.8 Å². The van der Waals surface area contributed by atoms with Crippen molar-refractivity contribution in [3.63, 3.8) is 0 Å². The van der Waals surface area contributed by atoms with Gasteiger partial charge in [-0.25, -0.2) is 0 Å². The maximum absolute atomic E-state index is 14.0. The minimum atomic E-state index is -0.951. The van der Waals surface area contributed by atoms with E-state index >= 15 is 0 Å². The van der Waals surface area contributed by atoms with Crippen molar-refractivity contribution in [3.8, 4) is 0 Å². The molecule has 1 saturated heterocycles. The maximum Gasteiger partial charge on any atom is 0.199 e. The first-order valence-electron chi connectivity index (χ1n) is 9.77. The van der Waals surface area contributed by atoms with E-state index in [2.05, 4.69) is 19.1 Å². The summed E-state index contributed by atoms with van der Waals surface area (Å²) in [5.74, 6) is -1.37. The third-order valence-corrected chi connectivity index (χ3v) is 5.35. The summed E-state index contributed by atoms with van der Waals surface area (Å²) in [6.07, 6.45) is 5.57. The number of benzene rings is 1. The third kappa shape index (κ3) is 4.89. The molecule has 148 valence electrons. The number of halogens is 2. The Morgan fingerprint density at radius 3 is 2.37 bits per heavy atom. The molecule has 2 unspecified atom stereocenters.